The Kier molecular flexibility index (Phi) is 5.12. The number of rotatable bonds is 7. The van der Waals surface area contributed by atoms with Crippen LogP contribution in [0.2, 0.25) is 0 Å². The van der Waals surface area contributed by atoms with Crippen molar-refractivity contribution in [2.24, 2.45) is 0 Å². The molecule has 1 fully saturated rings. The lowest BCUT2D eigenvalue weighted by Crippen LogP contribution is -2.22. The summed E-state index contributed by atoms with van der Waals surface area (Å²) in [6, 6.07) is 7.70. The number of anilines is 1. The van der Waals surface area contributed by atoms with Crippen molar-refractivity contribution < 1.29 is 9.21 Å². The van der Waals surface area contributed by atoms with E-state index >= 15 is 0 Å². The monoisotopic (exact) mass is 388 g/mol. The van der Waals surface area contributed by atoms with Gasteiger partial charge in [-0.05, 0) is 44.0 Å². The van der Waals surface area contributed by atoms with Gasteiger partial charge in [-0.25, -0.2) is 0 Å². The van der Waals surface area contributed by atoms with Crippen molar-refractivity contribution in [2.45, 2.75) is 31.5 Å². The molecule has 3 aromatic rings. The Labute approximate surface area is 160 Å². The summed E-state index contributed by atoms with van der Waals surface area (Å²) < 4.78 is 7.57. The molecule has 0 aliphatic carbocycles. The molecule has 0 radical (unpaired) electrons. The fraction of sp³-hybridized carbons (Fsp3) is 0.389. The second kappa shape index (κ2) is 7.67. The van der Waals surface area contributed by atoms with Crippen LogP contribution in [0.25, 0.3) is 0 Å². The lowest BCUT2D eigenvalue weighted by molar-refractivity contribution is 0.102. The van der Waals surface area contributed by atoms with Crippen molar-refractivity contribution in [1.29, 1.82) is 0 Å². The largest absolute Gasteiger partial charge is 0.467 e. The minimum Gasteiger partial charge on any atom is -0.467 e. The van der Waals surface area contributed by atoms with Gasteiger partial charge in [0.15, 0.2) is 10.9 Å². The van der Waals surface area contributed by atoms with E-state index < -0.39 is 0 Å². The van der Waals surface area contributed by atoms with Crippen LogP contribution in [0.5, 0.6) is 0 Å². The van der Waals surface area contributed by atoms with Gasteiger partial charge in [0.05, 0.1) is 23.4 Å². The maximum atomic E-state index is 12.4. The van der Waals surface area contributed by atoms with Gasteiger partial charge in [-0.1, -0.05) is 11.8 Å². The molecule has 3 aromatic heterocycles. The van der Waals surface area contributed by atoms with Crippen LogP contribution in [0, 0.1) is 6.92 Å². The minimum atomic E-state index is 0.128. The second-order valence-corrected chi connectivity index (χ2v) is 8.49. The van der Waals surface area contributed by atoms with Crippen LogP contribution in [-0.2, 0) is 6.54 Å². The van der Waals surface area contributed by atoms with Crippen molar-refractivity contribution >= 4 is 34.8 Å². The molecule has 6 nitrogen and oxygen atoms in total. The molecule has 1 aliphatic heterocycles. The number of ketones is 1. The maximum Gasteiger partial charge on any atom is 0.228 e. The Morgan fingerprint density at radius 1 is 1.27 bits per heavy atom. The Bertz CT molecular complexity index is 879. The fourth-order valence-electron chi connectivity index (χ4n) is 3.02. The van der Waals surface area contributed by atoms with Crippen molar-refractivity contribution in [1.82, 2.24) is 14.8 Å². The Morgan fingerprint density at radius 3 is 2.81 bits per heavy atom. The van der Waals surface area contributed by atoms with E-state index in [0.717, 1.165) is 39.7 Å². The summed E-state index contributed by atoms with van der Waals surface area (Å²) in [6.45, 7) is 4.57. The molecule has 26 heavy (non-hydrogen) atoms. The number of aromatic nitrogens is 3. The van der Waals surface area contributed by atoms with E-state index in [0.29, 0.717) is 12.3 Å². The molecule has 1 saturated heterocycles. The van der Waals surface area contributed by atoms with Gasteiger partial charge in [0.2, 0.25) is 5.95 Å². The standard InChI is InChI=1S/C18H20N4O2S2/c1-13-6-7-16(26-13)15(23)12-25-18-20-19-17(21-8-2-3-9-21)22(18)11-14-5-4-10-24-14/h4-7,10H,2-3,8-9,11-12H2,1H3. The highest BCUT2D eigenvalue weighted by atomic mass is 32.2. The maximum absolute atomic E-state index is 12.4. The van der Waals surface area contributed by atoms with Crippen LogP contribution < -0.4 is 4.90 Å². The lowest BCUT2D eigenvalue weighted by atomic mass is 10.3. The summed E-state index contributed by atoms with van der Waals surface area (Å²) in [6.07, 6.45) is 4.02. The van der Waals surface area contributed by atoms with E-state index in [2.05, 4.69) is 19.7 Å². The molecule has 1 aliphatic rings. The van der Waals surface area contributed by atoms with E-state index in [9.17, 15) is 4.79 Å². The van der Waals surface area contributed by atoms with Gasteiger partial charge in [-0.15, -0.1) is 21.5 Å². The van der Waals surface area contributed by atoms with Crippen LogP contribution in [-0.4, -0.2) is 39.4 Å². The third-order valence-corrected chi connectivity index (χ3v) is 6.34. The Hall–Kier alpha value is -2.06. The molecule has 136 valence electrons. The predicted molar refractivity (Wildman–Crippen MR) is 103 cm³/mol. The number of Topliss-reactive ketones (excluding diaryl/α,β-unsaturated/α-hetero) is 1. The highest BCUT2D eigenvalue weighted by Crippen LogP contribution is 2.27. The van der Waals surface area contributed by atoms with Crippen molar-refractivity contribution in [2.75, 3.05) is 23.7 Å². The van der Waals surface area contributed by atoms with Crippen LogP contribution in [0.3, 0.4) is 0 Å². The van der Waals surface area contributed by atoms with Gasteiger partial charge in [-0.2, -0.15) is 0 Å². The summed E-state index contributed by atoms with van der Waals surface area (Å²) in [5.74, 6) is 2.20. The molecule has 0 saturated carbocycles. The van der Waals surface area contributed by atoms with Crippen molar-refractivity contribution in [3.8, 4) is 0 Å². The molecule has 0 bridgehead atoms. The highest BCUT2D eigenvalue weighted by molar-refractivity contribution is 7.99. The van der Waals surface area contributed by atoms with Crippen molar-refractivity contribution in [3.05, 3.63) is 46.0 Å². The summed E-state index contributed by atoms with van der Waals surface area (Å²) in [5.41, 5.74) is 0. The number of thioether (sulfide) groups is 1. The first-order valence-corrected chi connectivity index (χ1v) is 10.4. The number of nitrogens with zero attached hydrogens (tertiary/aromatic N) is 4. The van der Waals surface area contributed by atoms with E-state index in [-0.39, 0.29) is 5.78 Å². The second-order valence-electron chi connectivity index (χ2n) is 6.26. The molecule has 0 N–H and O–H groups in total. The Balaban J connectivity index is 1.53. The van der Waals surface area contributed by atoms with Crippen LogP contribution in [0.15, 0.2) is 40.1 Å². The molecular formula is C18H20N4O2S2. The molecule has 8 heteroatoms. The van der Waals surface area contributed by atoms with E-state index in [1.54, 1.807) is 6.26 Å². The average molecular weight is 389 g/mol. The quantitative estimate of drug-likeness (QED) is 0.452. The third kappa shape index (κ3) is 3.71. The highest BCUT2D eigenvalue weighted by Gasteiger charge is 2.22. The predicted octanol–water partition coefficient (Wildman–Crippen LogP) is 3.86. The average Bonchev–Trinajstić information content (AvgIpc) is 3.41. The SMILES string of the molecule is Cc1ccc(C(=O)CSc2nnc(N3CCCC3)n2Cc2ccco2)s1. The van der Waals surface area contributed by atoms with E-state index in [1.807, 2.05) is 31.2 Å². The first kappa shape index (κ1) is 17.4. The number of carbonyl (C=O) groups is 1. The zero-order chi connectivity index (χ0) is 17.9. The molecule has 4 rings (SSSR count). The normalized spacial score (nSPS) is 14.3. The summed E-state index contributed by atoms with van der Waals surface area (Å²) >= 11 is 2.97. The first-order valence-electron chi connectivity index (χ1n) is 8.63. The van der Waals surface area contributed by atoms with Gasteiger partial charge in [-0.3, -0.25) is 9.36 Å². The number of aryl methyl sites for hydroxylation is 1. The summed E-state index contributed by atoms with van der Waals surface area (Å²) in [4.78, 5) is 16.6. The molecular weight excluding hydrogens is 368 g/mol. The zero-order valence-electron chi connectivity index (χ0n) is 14.6. The number of thiophene rings is 1. The number of furan rings is 1. The first-order chi connectivity index (χ1) is 12.7. The van der Waals surface area contributed by atoms with Gasteiger partial charge in [0.25, 0.3) is 0 Å². The molecule has 0 amide bonds. The smallest absolute Gasteiger partial charge is 0.228 e. The van der Waals surface area contributed by atoms with E-state index in [1.165, 1.54) is 35.9 Å². The molecule has 0 atom stereocenters. The molecule has 4 heterocycles. The lowest BCUT2D eigenvalue weighted by Gasteiger charge is -2.17. The Morgan fingerprint density at radius 2 is 2.12 bits per heavy atom. The number of hydrogen-bond acceptors (Lipinski definition) is 7. The number of carbonyl (C=O) groups excluding carboxylic acids is 1. The summed E-state index contributed by atoms with van der Waals surface area (Å²) in [5, 5.41) is 9.51. The zero-order valence-corrected chi connectivity index (χ0v) is 16.2. The van der Waals surface area contributed by atoms with Crippen LogP contribution >= 0.6 is 23.1 Å². The topological polar surface area (TPSA) is 64.2 Å². The van der Waals surface area contributed by atoms with Crippen LogP contribution in [0.1, 0.15) is 33.2 Å². The van der Waals surface area contributed by atoms with Crippen LogP contribution in [0.4, 0.5) is 5.95 Å². The third-order valence-electron chi connectivity index (χ3n) is 4.33. The number of hydrogen-bond donors (Lipinski definition) is 0. The van der Waals surface area contributed by atoms with Crippen molar-refractivity contribution in [3.63, 3.8) is 0 Å². The summed E-state index contributed by atoms with van der Waals surface area (Å²) in [7, 11) is 0. The molecule has 0 spiro atoms. The van der Waals surface area contributed by atoms with Gasteiger partial charge < -0.3 is 9.32 Å². The van der Waals surface area contributed by atoms with Gasteiger partial charge in [0.1, 0.15) is 5.76 Å². The molecule has 0 unspecified atom stereocenters. The fourth-order valence-corrected chi connectivity index (χ4v) is 4.73. The minimum absolute atomic E-state index is 0.128. The van der Waals surface area contributed by atoms with Gasteiger partial charge >= 0.3 is 0 Å². The van der Waals surface area contributed by atoms with Gasteiger partial charge in [0, 0.05) is 18.0 Å². The molecule has 0 aromatic carbocycles. The van der Waals surface area contributed by atoms with E-state index in [4.69, 9.17) is 4.42 Å².